The molecule has 1 aromatic heterocycles. The molecule has 0 bridgehead atoms. The number of hydrogen-bond acceptors (Lipinski definition) is 3. The number of thiazole rings is 1. The molecular weight excluding hydrogens is 252 g/mol. The molecule has 1 aromatic carbocycles. The predicted molar refractivity (Wildman–Crippen MR) is 78.6 cm³/mol. The molecule has 2 aromatic rings. The van der Waals surface area contributed by atoms with Crippen LogP contribution in [0.1, 0.15) is 57.8 Å². The van der Waals surface area contributed by atoms with Gasteiger partial charge in [0.1, 0.15) is 5.01 Å². The van der Waals surface area contributed by atoms with Gasteiger partial charge in [0.05, 0.1) is 5.69 Å². The topological polar surface area (TPSA) is 38.9 Å². The molecule has 1 unspecified atom stereocenters. The van der Waals surface area contributed by atoms with Gasteiger partial charge in [-0.25, -0.2) is 4.98 Å². The SMILES string of the molecule is NCc1sc(C2CCc3ccccc32)nc1C1CC1. The first-order valence-electron chi connectivity index (χ1n) is 7.14. The second-order valence-corrected chi connectivity index (χ2v) is 6.74. The number of rotatable bonds is 3. The second-order valence-electron chi connectivity index (χ2n) is 5.63. The standard InChI is InChI=1S/C16H18N2S/c17-9-14-15(11-5-6-11)18-16(19-14)13-8-7-10-3-1-2-4-12(10)13/h1-4,11,13H,5-9,17H2. The second kappa shape index (κ2) is 4.43. The van der Waals surface area contributed by atoms with Crippen LogP contribution in [0.3, 0.4) is 0 Å². The summed E-state index contributed by atoms with van der Waals surface area (Å²) in [6.45, 7) is 0.651. The molecule has 19 heavy (non-hydrogen) atoms. The Balaban J connectivity index is 1.73. The molecule has 1 atom stereocenters. The lowest BCUT2D eigenvalue weighted by Gasteiger charge is -2.07. The van der Waals surface area contributed by atoms with Gasteiger partial charge in [0.2, 0.25) is 0 Å². The van der Waals surface area contributed by atoms with Crippen molar-refractivity contribution in [2.24, 2.45) is 5.73 Å². The number of benzene rings is 1. The fraction of sp³-hybridized carbons (Fsp3) is 0.438. The molecule has 1 heterocycles. The zero-order chi connectivity index (χ0) is 12.8. The molecule has 2 nitrogen and oxygen atoms in total. The van der Waals surface area contributed by atoms with E-state index in [1.807, 2.05) is 11.3 Å². The van der Waals surface area contributed by atoms with E-state index < -0.39 is 0 Å². The highest BCUT2D eigenvalue weighted by Crippen LogP contribution is 2.46. The summed E-state index contributed by atoms with van der Waals surface area (Å²) in [5.74, 6) is 1.22. The Bertz CT molecular complexity index is 613. The molecule has 0 amide bonds. The molecule has 0 aliphatic heterocycles. The summed E-state index contributed by atoms with van der Waals surface area (Å²) in [4.78, 5) is 6.28. The van der Waals surface area contributed by atoms with Gasteiger partial charge < -0.3 is 5.73 Å². The van der Waals surface area contributed by atoms with Gasteiger partial charge in [0.25, 0.3) is 0 Å². The number of aromatic nitrogens is 1. The van der Waals surface area contributed by atoms with Crippen molar-refractivity contribution in [1.82, 2.24) is 4.98 Å². The van der Waals surface area contributed by atoms with Gasteiger partial charge in [-0.1, -0.05) is 24.3 Å². The highest BCUT2D eigenvalue weighted by Gasteiger charge is 2.32. The van der Waals surface area contributed by atoms with Crippen LogP contribution in [-0.4, -0.2) is 4.98 Å². The van der Waals surface area contributed by atoms with Crippen molar-refractivity contribution in [3.63, 3.8) is 0 Å². The van der Waals surface area contributed by atoms with Crippen LogP contribution in [0.2, 0.25) is 0 Å². The minimum absolute atomic E-state index is 0.513. The molecule has 0 spiro atoms. The highest BCUT2D eigenvalue weighted by atomic mass is 32.1. The molecule has 2 aliphatic rings. The Morgan fingerprint density at radius 2 is 2.05 bits per heavy atom. The smallest absolute Gasteiger partial charge is 0.101 e. The van der Waals surface area contributed by atoms with E-state index in [1.165, 1.54) is 52.4 Å². The Morgan fingerprint density at radius 1 is 1.21 bits per heavy atom. The average molecular weight is 270 g/mol. The van der Waals surface area contributed by atoms with Crippen LogP contribution in [0.15, 0.2) is 24.3 Å². The van der Waals surface area contributed by atoms with Gasteiger partial charge in [-0.15, -0.1) is 11.3 Å². The third-order valence-corrected chi connectivity index (χ3v) is 5.53. The van der Waals surface area contributed by atoms with Gasteiger partial charge in [-0.05, 0) is 36.8 Å². The van der Waals surface area contributed by atoms with Crippen molar-refractivity contribution in [3.8, 4) is 0 Å². The van der Waals surface area contributed by atoms with Crippen LogP contribution >= 0.6 is 11.3 Å². The van der Waals surface area contributed by atoms with E-state index in [0.29, 0.717) is 18.4 Å². The molecule has 3 heteroatoms. The largest absolute Gasteiger partial charge is 0.326 e. The number of nitrogens with two attached hydrogens (primary N) is 1. The van der Waals surface area contributed by atoms with E-state index in [4.69, 9.17) is 10.7 Å². The van der Waals surface area contributed by atoms with E-state index in [0.717, 1.165) is 0 Å². The van der Waals surface area contributed by atoms with Crippen molar-refractivity contribution in [2.75, 3.05) is 0 Å². The van der Waals surface area contributed by atoms with Crippen LogP contribution in [-0.2, 0) is 13.0 Å². The Kier molecular flexibility index (Phi) is 2.71. The Hall–Kier alpha value is -1.19. The summed E-state index contributed by atoms with van der Waals surface area (Å²) < 4.78 is 0. The van der Waals surface area contributed by atoms with Crippen molar-refractivity contribution in [3.05, 3.63) is 51.0 Å². The average Bonchev–Trinajstić information content (AvgIpc) is 3.06. The predicted octanol–water partition coefficient (Wildman–Crippen LogP) is 3.56. The van der Waals surface area contributed by atoms with Crippen LogP contribution < -0.4 is 5.73 Å². The van der Waals surface area contributed by atoms with Crippen molar-refractivity contribution in [1.29, 1.82) is 0 Å². The van der Waals surface area contributed by atoms with E-state index in [2.05, 4.69) is 24.3 Å². The van der Waals surface area contributed by atoms with Gasteiger partial charge in [0, 0.05) is 23.3 Å². The van der Waals surface area contributed by atoms with Crippen LogP contribution in [0.25, 0.3) is 0 Å². The maximum absolute atomic E-state index is 5.89. The van der Waals surface area contributed by atoms with Gasteiger partial charge in [-0.3, -0.25) is 0 Å². The Labute approximate surface area is 117 Å². The molecule has 0 saturated heterocycles. The number of aryl methyl sites for hydroxylation is 1. The molecule has 0 radical (unpaired) electrons. The summed E-state index contributed by atoms with van der Waals surface area (Å²) in [5, 5.41) is 1.30. The number of hydrogen-bond donors (Lipinski definition) is 1. The van der Waals surface area contributed by atoms with E-state index in [-0.39, 0.29) is 0 Å². The zero-order valence-corrected chi connectivity index (χ0v) is 11.7. The molecule has 4 rings (SSSR count). The summed E-state index contributed by atoms with van der Waals surface area (Å²) in [7, 11) is 0. The van der Waals surface area contributed by atoms with Crippen LogP contribution in [0.4, 0.5) is 0 Å². The normalized spacial score (nSPS) is 21.6. The quantitative estimate of drug-likeness (QED) is 0.926. The van der Waals surface area contributed by atoms with Gasteiger partial charge >= 0.3 is 0 Å². The fourth-order valence-electron chi connectivity index (χ4n) is 3.17. The molecular formula is C16H18N2S. The van der Waals surface area contributed by atoms with Crippen LogP contribution in [0.5, 0.6) is 0 Å². The third-order valence-electron chi connectivity index (χ3n) is 4.32. The summed E-state index contributed by atoms with van der Waals surface area (Å²) in [6, 6.07) is 8.82. The van der Waals surface area contributed by atoms with Gasteiger partial charge in [0.15, 0.2) is 0 Å². The first kappa shape index (κ1) is 11.6. The molecule has 2 N–H and O–H groups in total. The number of nitrogens with zero attached hydrogens (tertiary/aromatic N) is 1. The third kappa shape index (κ3) is 1.92. The van der Waals surface area contributed by atoms with Crippen LogP contribution in [0, 0.1) is 0 Å². The van der Waals surface area contributed by atoms with Crippen molar-refractivity contribution < 1.29 is 0 Å². The summed E-state index contributed by atoms with van der Waals surface area (Å²) >= 11 is 1.85. The van der Waals surface area contributed by atoms with E-state index in [9.17, 15) is 0 Å². The zero-order valence-electron chi connectivity index (χ0n) is 10.9. The fourth-order valence-corrected chi connectivity index (χ4v) is 4.35. The lowest BCUT2D eigenvalue weighted by molar-refractivity contribution is 0.773. The monoisotopic (exact) mass is 270 g/mol. The van der Waals surface area contributed by atoms with E-state index >= 15 is 0 Å². The van der Waals surface area contributed by atoms with Crippen molar-refractivity contribution >= 4 is 11.3 Å². The molecule has 1 saturated carbocycles. The Morgan fingerprint density at radius 3 is 2.84 bits per heavy atom. The van der Waals surface area contributed by atoms with E-state index in [1.54, 1.807) is 0 Å². The molecule has 2 aliphatic carbocycles. The summed E-state index contributed by atoms with van der Waals surface area (Å²) in [5.41, 5.74) is 10.2. The summed E-state index contributed by atoms with van der Waals surface area (Å²) in [6.07, 6.45) is 5.01. The number of fused-ring (bicyclic) bond motifs is 1. The molecule has 98 valence electrons. The lowest BCUT2D eigenvalue weighted by atomic mass is 10.0. The maximum atomic E-state index is 5.89. The maximum Gasteiger partial charge on any atom is 0.101 e. The minimum atomic E-state index is 0.513. The van der Waals surface area contributed by atoms with Crippen molar-refractivity contribution in [2.45, 2.75) is 44.1 Å². The van der Waals surface area contributed by atoms with Gasteiger partial charge in [-0.2, -0.15) is 0 Å². The first-order valence-corrected chi connectivity index (χ1v) is 7.96. The minimum Gasteiger partial charge on any atom is -0.326 e. The highest BCUT2D eigenvalue weighted by molar-refractivity contribution is 7.11. The lowest BCUT2D eigenvalue weighted by Crippen LogP contribution is -1.97. The first-order chi connectivity index (χ1) is 9.36. The molecule has 1 fully saturated rings.